The van der Waals surface area contributed by atoms with Crippen molar-refractivity contribution in [1.29, 1.82) is 0 Å². The van der Waals surface area contributed by atoms with E-state index < -0.39 is 11.7 Å². The van der Waals surface area contributed by atoms with Crippen LogP contribution in [-0.2, 0) is 17.5 Å². The molecule has 0 saturated heterocycles. The lowest BCUT2D eigenvalue weighted by molar-refractivity contribution is -0.137. The highest BCUT2D eigenvalue weighted by Crippen LogP contribution is 2.30. The number of benzene rings is 1. The molecule has 0 radical (unpaired) electrons. The topological polar surface area (TPSA) is 35.2 Å². The van der Waals surface area contributed by atoms with Crippen molar-refractivity contribution in [2.75, 3.05) is 6.61 Å². The van der Waals surface area contributed by atoms with Gasteiger partial charge >= 0.3 is 6.18 Å². The fourth-order valence-electron chi connectivity index (χ4n) is 2.39. The van der Waals surface area contributed by atoms with E-state index in [4.69, 9.17) is 10.5 Å². The normalized spacial score (nSPS) is 18.7. The van der Waals surface area contributed by atoms with Gasteiger partial charge in [0.25, 0.3) is 0 Å². The van der Waals surface area contributed by atoms with Crippen LogP contribution in [0.4, 0.5) is 13.2 Å². The molecule has 0 atom stereocenters. The SMILES string of the molecule is NC1(COCc2ccc(C(F)(F)F)cc2)CCCC1. The third kappa shape index (κ3) is 3.94. The average Bonchev–Trinajstić information content (AvgIpc) is 2.76. The Balaban J connectivity index is 1.83. The van der Waals surface area contributed by atoms with Gasteiger partial charge in [0.1, 0.15) is 0 Å². The molecule has 5 heteroatoms. The average molecular weight is 273 g/mol. The van der Waals surface area contributed by atoms with Gasteiger partial charge in [-0.25, -0.2) is 0 Å². The number of rotatable bonds is 4. The second-order valence-electron chi connectivity index (χ2n) is 5.26. The Bertz CT molecular complexity index is 408. The summed E-state index contributed by atoms with van der Waals surface area (Å²) < 4.78 is 42.7. The number of halogens is 3. The molecule has 2 nitrogen and oxygen atoms in total. The number of hydrogen-bond acceptors (Lipinski definition) is 2. The van der Waals surface area contributed by atoms with Crippen molar-refractivity contribution in [2.45, 2.75) is 44.0 Å². The Hall–Kier alpha value is -1.07. The molecule has 1 aliphatic rings. The minimum atomic E-state index is -4.29. The van der Waals surface area contributed by atoms with Crippen LogP contribution < -0.4 is 5.73 Å². The quantitative estimate of drug-likeness (QED) is 0.911. The highest BCUT2D eigenvalue weighted by Gasteiger charge is 2.30. The molecule has 0 heterocycles. The molecule has 2 N–H and O–H groups in total. The first-order valence-electron chi connectivity index (χ1n) is 6.42. The summed E-state index contributed by atoms with van der Waals surface area (Å²) in [5.41, 5.74) is 5.98. The van der Waals surface area contributed by atoms with Crippen LogP contribution in [-0.4, -0.2) is 12.1 Å². The van der Waals surface area contributed by atoms with Crippen molar-refractivity contribution >= 4 is 0 Å². The molecule has 2 rings (SSSR count). The summed E-state index contributed by atoms with van der Waals surface area (Å²) in [5.74, 6) is 0. The maximum Gasteiger partial charge on any atom is 0.416 e. The van der Waals surface area contributed by atoms with Crippen LogP contribution in [0.2, 0.25) is 0 Å². The Morgan fingerprint density at radius 3 is 2.21 bits per heavy atom. The molecule has 0 bridgehead atoms. The molecule has 0 spiro atoms. The minimum Gasteiger partial charge on any atom is -0.375 e. The Morgan fingerprint density at radius 1 is 1.11 bits per heavy atom. The van der Waals surface area contributed by atoms with Crippen LogP contribution in [0.1, 0.15) is 36.8 Å². The van der Waals surface area contributed by atoms with E-state index in [2.05, 4.69) is 0 Å². The Kier molecular flexibility index (Phi) is 4.16. The molecular formula is C14H18F3NO. The van der Waals surface area contributed by atoms with Gasteiger partial charge < -0.3 is 10.5 Å². The summed E-state index contributed by atoms with van der Waals surface area (Å²) in [7, 11) is 0. The van der Waals surface area contributed by atoms with Crippen molar-refractivity contribution in [3.63, 3.8) is 0 Å². The molecule has 19 heavy (non-hydrogen) atoms. The van der Waals surface area contributed by atoms with E-state index in [0.717, 1.165) is 43.4 Å². The maximum atomic E-state index is 12.4. The van der Waals surface area contributed by atoms with E-state index in [1.54, 1.807) is 0 Å². The van der Waals surface area contributed by atoms with Crippen LogP contribution in [0, 0.1) is 0 Å². The van der Waals surface area contributed by atoms with Crippen molar-refractivity contribution in [3.05, 3.63) is 35.4 Å². The molecule has 106 valence electrons. The first kappa shape index (κ1) is 14.3. The summed E-state index contributed by atoms with van der Waals surface area (Å²) >= 11 is 0. The van der Waals surface area contributed by atoms with E-state index in [1.165, 1.54) is 12.1 Å². The van der Waals surface area contributed by atoms with Crippen LogP contribution in [0.5, 0.6) is 0 Å². The van der Waals surface area contributed by atoms with Gasteiger partial charge in [-0.05, 0) is 30.5 Å². The van der Waals surface area contributed by atoms with Crippen molar-refractivity contribution in [2.24, 2.45) is 5.73 Å². The Morgan fingerprint density at radius 2 is 1.68 bits per heavy atom. The molecule has 0 aliphatic heterocycles. The fourth-order valence-corrected chi connectivity index (χ4v) is 2.39. The van der Waals surface area contributed by atoms with Crippen molar-refractivity contribution in [3.8, 4) is 0 Å². The zero-order chi connectivity index (χ0) is 13.9. The van der Waals surface area contributed by atoms with E-state index in [9.17, 15) is 13.2 Å². The molecule has 1 fully saturated rings. The minimum absolute atomic E-state index is 0.244. The van der Waals surface area contributed by atoms with E-state index in [1.807, 2.05) is 0 Å². The number of hydrogen-bond donors (Lipinski definition) is 1. The van der Waals surface area contributed by atoms with Gasteiger partial charge in [0, 0.05) is 5.54 Å². The first-order valence-corrected chi connectivity index (χ1v) is 6.42. The van der Waals surface area contributed by atoms with Gasteiger partial charge in [-0.1, -0.05) is 25.0 Å². The van der Waals surface area contributed by atoms with Gasteiger partial charge in [0.05, 0.1) is 18.8 Å². The summed E-state index contributed by atoms with van der Waals surface area (Å²) in [4.78, 5) is 0. The number of alkyl halides is 3. The predicted octanol–water partition coefficient (Wildman–Crippen LogP) is 3.49. The molecule has 1 aromatic carbocycles. The standard InChI is InChI=1S/C14H18F3NO/c15-14(16,17)12-5-3-11(4-6-12)9-19-10-13(18)7-1-2-8-13/h3-6H,1-2,7-10,18H2. The molecular weight excluding hydrogens is 255 g/mol. The Labute approximate surface area is 110 Å². The number of nitrogens with two attached hydrogens (primary N) is 1. The van der Waals surface area contributed by atoms with Crippen LogP contribution in [0.3, 0.4) is 0 Å². The highest BCUT2D eigenvalue weighted by molar-refractivity contribution is 5.24. The fraction of sp³-hybridized carbons (Fsp3) is 0.571. The second kappa shape index (κ2) is 5.51. The zero-order valence-electron chi connectivity index (χ0n) is 10.7. The molecule has 0 amide bonds. The van der Waals surface area contributed by atoms with E-state index in [0.29, 0.717) is 13.2 Å². The highest BCUT2D eigenvalue weighted by atomic mass is 19.4. The van der Waals surface area contributed by atoms with Crippen molar-refractivity contribution < 1.29 is 17.9 Å². The van der Waals surface area contributed by atoms with E-state index >= 15 is 0 Å². The monoisotopic (exact) mass is 273 g/mol. The van der Waals surface area contributed by atoms with Gasteiger partial charge in [0.15, 0.2) is 0 Å². The van der Waals surface area contributed by atoms with Crippen LogP contribution in [0.15, 0.2) is 24.3 Å². The first-order chi connectivity index (χ1) is 8.89. The largest absolute Gasteiger partial charge is 0.416 e. The van der Waals surface area contributed by atoms with Gasteiger partial charge in [-0.15, -0.1) is 0 Å². The van der Waals surface area contributed by atoms with Gasteiger partial charge in [0.2, 0.25) is 0 Å². The lowest BCUT2D eigenvalue weighted by atomic mass is 10.0. The molecule has 0 aromatic heterocycles. The third-order valence-electron chi connectivity index (χ3n) is 3.54. The smallest absolute Gasteiger partial charge is 0.375 e. The van der Waals surface area contributed by atoms with Crippen LogP contribution >= 0.6 is 0 Å². The lowest BCUT2D eigenvalue weighted by Gasteiger charge is -2.23. The summed E-state index contributed by atoms with van der Waals surface area (Å²) in [5, 5.41) is 0. The molecule has 1 saturated carbocycles. The van der Waals surface area contributed by atoms with Crippen LogP contribution in [0.25, 0.3) is 0 Å². The summed E-state index contributed by atoms with van der Waals surface area (Å²) in [6.07, 6.45) is -0.120. The van der Waals surface area contributed by atoms with Crippen molar-refractivity contribution in [1.82, 2.24) is 0 Å². The third-order valence-corrected chi connectivity index (χ3v) is 3.54. The molecule has 1 aliphatic carbocycles. The van der Waals surface area contributed by atoms with Gasteiger partial charge in [-0.3, -0.25) is 0 Å². The molecule has 0 unspecified atom stereocenters. The summed E-state index contributed by atoms with van der Waals surface area (Å²) in [6.45, 7) is 0.769. The second-order valence-corrected chi connectivity index (χ2v) is 5.26. The number of ether oxygens (including phenoxy) is 1. The lowest BCUT2D eigenvalue weighted by Crippen LogP contribution is -2.41. The molecule has 1 aromatic rings. The summed E-state index contributed by atoms with van der Waals surface area (Å²) in [6, 6.07) is 5.04. The van der Waals surface area contributed by atoms with Gasteiger partial charge in [-0.2, -0.15) is 13.2 Å². The predicted molar refractivity (Wildman–Crippen MR) is 66.5 cm³/mol. The zero-order valence-corrected chi connectivity index (χ0v) is 10.7. The maximum absolute atomic E-state index is 12.4. The van der Waals surface area contributed by atoms with E-state index in [-0.39, 0.29) is 5.54 Å².